The molecule has 3 amide bonds. The van der Waals surface area contributed by atoms with E-state index >= 15 is 0 Å². The van der Waals surface area contributed by atoms with Gasteiger partial charge >= 0.3 is 6.09 Å². The third-order valence-electron chi connectivity index (χ3n) is 7.76. The summed E-state index contributed by atoms with van der Waals surface area (Å²) in [6.07, 6.45) is 2.27. The van der Waals surface area contributed by atoms with Crippen LogP contribution in [0.4, 0.5) is 4.79 Å². The van der Waals surface area contributed by atoms with E-state index in [-0.39, 0.29) is 42.5 Å². The molecule has 4 N–H and O–H groups in total. The summed E-state index contributed by atoms with van der Waals surface area (Å²) in [6, 6.07) is 2.90. The third-order valence-corrected chi connectivity index (χ3v) is 8.64. The number of nitrogens with zero attached hydrogens (tertiary/aromatic N) is 3. The van der Waals surface area contributed by atoms with E-state index in [0.29, 0.717) is 38.5 Å². The lowest BCUT2D eigenvalue weighted by molar-refractivity contribution is -0.146. The summed E-state index contributed by atoms with van der Waals surface area (Å²) >= 11 is 1.56. The van der Waals surface area contributed by atoms with Crippen LogP contribution in [0.1, 0.15) is 65.2 Å². The summed E-state index contributed by atoms with van der Waals surface area (Å²) in [4.78, 5) is 49.9. The predicted molar refractivity (Wildman–Crippen MR) is 154 cm³/mol. The number of hydrogen-bond acceptors (Lipinski definition) is 9. The normalized spacial score (nSPS) is 27.9. The predicted octanol–water partition coefficient (Wildman–Crippen LogP) is 2.45. The van der Waals surface area contributed by atoms with Crippen LogP contribution in [-0.4, -0.2) is 89.2 Å². The highest BCUT2D eigenvalue weighted by atomic mass is 32.1. The molecule has 0 aromatic carbocycles. The molecule has 0 spiro atoms. The molecule has 1 aromatic heterocycles. The quantitative estimate of drug-likeness (QED) is 0.473. The van der Waals surface area contributed by atoms with Gasteiger partial charge in [0.15, 0.2) is 0 Å². The van der Waals surface area contributed by atoms with E-state index in [1.807, 2.05) is 36.3 Å². The van der Waals surface area contributed by atoms with Crippen molar-refractivity contribution in [1.82, 2.24) is 20.4 Å². The standard InChI is InChI=1S/C28H44N6O5S/c1-17-18(2)38-26(31-17)33-12-13-34(22(16-33)24(35)30-15-21-7-6-14-40-21)25(36)23(19-8-10-20(29)11-9-19)32-27(37)39-28(3,4)5/h6-7,14,17-20,22-23H,8-13,15-16,29H2,1-5H3,(H,30,35)(H,32,37)/t17-,18-,19-,20-,22-,23+/m0/s1. The molecule has 12 heteroatoms. The summed E-state index contributed by atoms with van der Waals surface area (Å²) < 4.78 is 11.5. The molecule has 0 unspecified atom stereocenters. The molecule has 3 heterocycles. The molecule has 1 aliphatic carbocycles. The molecule has 0 radical (unpaired) electrons. The van der Waals surface area contributed by atoms with Gasteiger partial charge in [-0.25, -0.2) is 9.79 Å². The number of carbonyl (C=O) groups excluding carboxylic acids is 3. The largest absolute Gasteiger partial charge is 0.460 e. The molecule has 4 rings (SSSR count). The van der Waals surface area contributed by atoms with Crippen LogP contribution in [0, 0.1) is 5.92 Å². The maximum Gasteiger partial charge on any atom is 0.408 e. The van der Waals surface area contributed by atoms with Crippen molar-refractivity contribution >= 4 is 35.3 Å². The van der Waals surface area contributed by atoms with Crippen molar-refractivity contribution in [2.45, 2.75) is 103 Å². The molecule has 40 heavy (non-hydrogen) atoms. The van der Waals surface area contributed by atoms with Crippen molar-refractivity contribution in [2.75, 3.05) is 19.6 Å². The maximum absolute atomic E-state index is 14.2. The fraction of sp³-hybridized carbons (Fsp3) is 0.714. The average Bonchev–Trinajstić information content (AvgIpc) is 3.54. The highest BCUT2D eigenvalue weighted by Gasteiger charge is 2.43. The second kappa shape index (κ2) is 12.8. The summed E-state index contributed by atoms with van der Waals surface area (Å²) in [7, 11) is 0. The Bertz CT molecular complexity index is 1070. The Morgan fingerprint density at radius 1 is 1.20 bits per heavy atom. The lowest BCUT2D eigenvalue weighted by atomic mass is 9.81. The highest BCUT2D eigenvalue weighted by molar-refractivity contribution is 7.09. The van der Waals surface area contributed by atoms with E-state index in [1.54, 1.807) is 37.0 Å². The third kappa shape index (κ3) is 7.66. The Morgan fingerprint density at radius 3 is 2.52 bits per heavy atom. The van der Waals surface area contributed by atoms with Gasteiger partial charge in [0.05, 0.1) is 19.1 Å². The molecular weight excluding hydrogens is 532 g/mol. The van der Waals surface area contributed by atoms with Crippen LogP contribution in [-0.2, 0) is 25.6 Å². The van der Waals surface area contributed by atoms with Crippen LogP contribution in [0.25, 0.3) is 0 Å². The average molecular weight is 577 g/mol. The number of alkyl carbamates (subject to hydrolysis) is 1. The van der Waals surface area contributed by atoms with E-state index in [2.05, 4.69) is 15.6 Å². The Labute approximate surface area is 240 Å². The fourth-order valence-corrected chi connectivity index (χ4v) is 6.00. The minimum atomic E-state index is -0.818. The van der Waals surface area contributed by atoms with Gasteiger partial charge in [-0.05, 0) is 77.7 Å². The van der Waals surface area contributed by atoms with E-state index in [4.69, 9.17) is 15.2 Å². The highest BCUT2D eigenvalue weighted by Crippen LogP contribution is 2.29. The van der Waals surface area contributed by atoms with Crippen molar-refractivity contribution in [2.24, 2.45) is 16.6 Å². The molecule has 0 bridgehead atoms. The smallest absolute Gasteiger partial charge is 0.408 e. The number of thiophene rings is 1. The Hall–Kier alpha value is -2.86. The van der Waals surface area contributed by atoms with Gasteiger partial charge in [0, 0.05) is 24.0 Å². The number of rotatable bonds is 6. The summed E-state index contributed by atoms with van der Waals surface area (Å²) in [5, 5.41) is 7.83. The summed E-state index contributed by atoms with van der Waals surface area (Å²) in [5.41, 5.74) is 5.43. The molecule has 4 atom stereocenters. The number of hydrogen-bond donors (Lipinski definition) is 3. The molecule has 222 valence electrons. The van der Waals surface area contributed by atoms with Crippen LogP contribution in [0.15, 0.2) is 22.5 Å². The van der Waals surface area contributed by atoms with Gasteiger partial charge in [0.2, 0.25) is 11.8 Å². The molecule has 2 fully saturated rings. The van der Waals surface area contributed by atoms with Gasteiger partial charge in [-0.3, -0.25) is 9.59 Å². The van der Waals surface area contributed by atoms with Gasteiger partial charge in [-0.2, -0.15) is 0 Å². The first-order valence-electron chi connectivity index (χ1n) is 14.3. The monoisotopic (exact) mass is 576 g/mol. The number of piperazine rings is 1. The van der Waals surface area contributed by atoms with Gasteiger partial charge in [-0.15, -0.1) is 11.3 Å². The molecule has 3 aliphatic rings. The van der Waals surface area contributed by atoms with E-state index in [0.717, 1.165) is 17.7 Å². The summed E-state index contributed by atoms with van der Waals surface area (Å²) in [5.74, 6) is -0.636. The molecule has 1 saturated heterocycles. The minimum absolute atomic E-state index is 0.0147. The van der Waals surface area contributed by atoms with E-state index < -0.39 is 23.8 Å². The van der Waals surface area contributed by atoms with Crippen molar-refractivity contribution in [3.63, 3.8) is 0 Å². The van der Waals surface area contributed by atoms with Crippen LogP contribution >= 0.6 is 11.3 Å². The fourth-order valence-electron chi connectivity index (χ4n) is 5.35. The van der Waals surface area contributed by atoms with Crippen LogP contribution in [0.3, 0.4) is 0 Å². The Balaban J connectivity index is 1.55. The molecule has 2 aliphatic heterocycles. The van der Waals surface area contributed by atoms with Crippen molar-refractivity contribution < 1.29 is 23.9 Å². The topological polar surface area (TPSA) is 139 Å². The second-order valence-electron chi connectivity index (χ2n) is 12.1. The zero-order valence-electron chi connectivity index (χ0n) is 24.2. The van der Waals surface area contributed by atoms with Crippen LogP contribution in [0.5, 0.6) is 0 Å². The lowest BCUT2D eigenvalue weighted by Crippen LogP contribution is -2.65. The van der Waals surface area contributed by atoms with Gasteiger partial charge < -0.3 is 35.6 Å². The summed E-state index contributed by atoms with van der Waals surface area (Å²) in [6.45, 7) is 10.7. The van der Waals surface area contributed by atoms with E-state index in [1.165, 1.54) is 0 Å². The van der Waals surface area contributed by atoms with E-state index in [9.17, 15) is 14.4 Å². The van der Waals surface area contributed by atoms with Gasteiger partial charge in [0.1, 0.15) is 23.8 Å². The molecular formula is C28H44N6O5S. The van der Waals surface area contributed by atoms with Crippen LogP contribution < -0.4 is 16.4 Å². The van der Waals surface area contributed by atoms with Gasteiger partial charge in [-0.1, -0.05) is 6.07 Å². The number of nitrogens with two attached hydrogens (primary N) is 1. The molecule has 1 saturated carbocycles. The number of amidine groups is 1. The zero-order valence-corrected chi connectivity index (χ0v) is 25.0. The Morgan fingerprint density at radius 2 is 1.93 bits per heavy atom. The van der Waals surface area contributed by atoms with Crippen molar-refractivity contribution in [3.05, 3.63) is 22.4 Å². The number of aliphatic imine (C=N–C) groups is 1. The lowest BCUT2D eigenvalue weighted by Gasteiger charge is -2.43. The molecule has 11 nitrogen and oxygen atoms in total. The van der Waals surface area contributed by atoms with Gasteiger partial charge in [0.25, 0.3) is 6.02 Å². The second-order valence-corrected chi connectivity index (χ2v) is 13.1. The van der Waals surface area contributed by atoms with Crippen molar-refractivity contribution in [3.8, 4) is 0 Å². The first kappa shape index (κ1) is 30.1. The first-order valence-corrected chi connectivity index (χ1v) is 15.1. The zero-order chi connectivity index (χ0) is 29.0. The van der Waals surface area contributed by atoms with Crippen molar-refractivity contribution in [1.29, 1.82) is 0 Å². The number of carbonyl (C=O) groups is 3. The number of ether oxygens (including phenoxy) is 2. The maximum atomic E-state index is 14.2. The SMILES string of the molecule is C[C@@H]1N=C(N2CCN(C(=O)[C@H](NC(=O)OC(C)(C)C)[C@H]3CC[C@H](N)CC3)[C@H](C(=O)NCc3cccs3)C2)O[C@H]1C. The minimum Gasteiger partial charge on any atom is -0.460 e. The molecule has 1 aromatic rings. The number of nitrogens with one attached hydrogen (secondary N) is 2. The Kier molecular flexibility index (Phi) is 9.60. The first-order chi connectivity index (χ1) is 18.9. The van der Waals surface area contributed by atoms with Crippen LogP contribution in [0.2, 0.25) is 0 Å². The number of amides is 3.